The van der Waals surface area contributed by atoms with E-state index in [9.17, 15) is 9.18 Å². The molecule has 0 unspecified atom stereocenters. The summed E-state index contributed by atoms with van der Waals surface area (Å²) in [5.41, 5.74) is 2.48. The van der Waals surface area contributed by atoms with Crippen molar-refractivity contribution >= 4 is 16.9 Å². The zero-order valence-corrected chi connectivity index (χ0v) is 12.7. The van der Waals surface area contributed by atoms with Crippen LogP contribution in [0.25, 0.3) is 11.0 Å². The number of halogens is 1. The second-order valence-corrected chi connectivity index (χ2v) is 5.40. The van der Waals surface area contributed by atoms with E-state index in [4.69, 9.17) is 0 Å². The maximum atomic E-state index is 13.5. The van der Waals surface area contributed by atoms with E-state index in [0.29, 0.717) is 12.1 Å². The Labute approximate surface area is 134 Å². The van der Waals surface area contributed by atoms with Gasteiger partial charge in [-0.1, -0.05) is 30.3 Å². The lowest BCUT2D eigenvalue weighted by Gasteiger charge is -2.07. The second kappa shape index (κ2) is 7.05. The molecule has 0 spiro atoms. The molecule has 2 aromatic carbocycles. The van der Waals surface area contributed by atoms with Gasteiger partial charge in [-0.15, -0.1) is 0 Å². The van der Waals surface area contributed by atoms with Gasteiger partial charge in [0.25, 0.3) is 0 Å². The van der Waals surface area contributed by atoms with Crippen molar-refractivity contribution in [3.05, 3.63) is 66.2 Å². The number of aryl methyl sites for hydroxylation is 1. The van der Waals surface area contributed by atoms with Crippen LogP contribution in [0.3, 0.4) is 0 Å². The maximum Gasteiger partial charge on any atom is 0.224 e. The van der Waals surface area contributed by atoms with Crippen LogP contribution >= 0.6 is 0 Å². The van der Waals surface area contributed by atoms with Crippen molar-refractivity contribution in [3.63, 3.8) is 0 Å². The van der Waals surface area contributed by atoms with Gasteiger partial charge in [-0.2, -0.15) is 0 Å². The number of nitrogens with zero attached hydrogens (tertiary/aromatic N) is 2. The van der Waals surface area contributed by atoms with Crippen molar-refractivity contribution in [2.24, 2.45) is 0 Å². The summed E-state index contributed by atoms with van der Waals surface area (Å²) in [6, 6.07) is 14.3. The van der Waals surface area contributed by atoms with Crippen LogP contribution < -0.4 is 5.32 Å². The summed E-state index contributed by atoms with van der Waals surface area (Å²) in [6.07, 6.45) is 2.68. The zero-order chi connectivity index (χ0) is 16.1. The highest BCUT2D eigenvalue weighted by atomic mass is 19.1. The standard InChI is InChI=1S/C18H18FN3O/c19-15-7-2-1-6-14(15)12-18(23)20-10-5-11-22-13-21-16-8-3-4-9-17(16)22/h1-4,6-9,13H,5,10-12H2,(H,20,23). The summed E-state index contributed by atoms with van der Waals surface area (Å²) in [6.45, 7) is 1.33. The van der Waals surface area contributed by atoms with Gasteiger partial charge in [-0.3, -0.25) is 4.79 Å². The lowest BCUT2D eigenvalue weighted by atomic mass is 10.1. The second-order valence-electron chi connectivity index (χ2n) is 5.40. The predicted molar refractivity (Wildman–Crippen MR) is 87.5 cm³/mol. The van der Waals surface area contributed by atoms with E-state index in [1.54, 1.807) is 18.2 Å². The number of hydrogen-bond acceptors (Lipinski definition) is 2. The number of imidazole rings is 1. The van der Waals surface area contributed by atoms with Gasteiger partial charge in [0.15, 0.2) is 0 Å². The van der Waals surface area contributed by atoms with Gasteiger partial charge in [0.05, 0.1) is 23.8 Å². The SMILES string of the molecule is O=C(Cc1ccccc1F)NCCCn1cnc2ccccc21. The first-order chi connectivity index (χ1) is 11.2. The minimum absolute atomic E-state index is 0.0701. The Bertz CT molecular complexity index is 813. The Morgan fingerprint density at radius 1 is 1.13 bits per heavy atom. The van der Waals surface area contributed by atoms with Crippen molar-refractivity contribution in [3.8, 4) is 0 Å². The quantitative estimate of drug-likeness (QED) is 0.712. The smallest absolute Gasteiger partial charge is 0.224 e. The molecule has 0 aliphatic rings. The molecule has 4 nitrogen and oxygen atoms in total. The molecule has 0 saturated carbocycles. The number of rotatable bonds is 6. The molecule has 1 aromatic heterocycles. The molecule has 0 aliphatic heterocycles. The molecule has 0 atom stereocenters. The van der Waals surface area contributed by atoms with Crippen molar-refractivity contribution in [1.82, 2.24) is 14.9 Å². The molecule has 5 heteroatoms. The van der Waals surface area contributed by atoms with Crippen LogP contribution in [0.15, 0.2) is 54.9 Å². The third-order valence-electron chi connectivity index (χ3n) is 3.73. The van der Waals surface area contributed by atoms with E-state index >= 15 is 0 Å². The average molecular weight is 311 g/mol. The molecule has 0 radical (unpaired) electrons. The summed E-state index contributed by atoms with van der Waals surface area (Å²) in [7, 11) is 0. The van der Waals surface area contributed by atoms with Crippen LogP contribution in [0.1, 0.15) is 12.0 Å². The van der Waals surface area contributed by atoms with Gasteiger partial charge < -0.3 is 9.88 Å². The largest absolute Gasteiger partial charge is 0.356 e. The van der Waals surface area contributed by atoms with Crippen molar-refractivity contribution in [1.29, 1.82) is 0 Å². The summed E-state index contributed by atoms with van der Waals surface area (Å²) < 4.78 is 15.6. The lowest BCUT2D eigenvalue weighted by Crippen LogP contribution is -2.27. The number of benzene rings is 2. The molecular formula is C18H18FN3O. The average Bonchev–Trinajstić information content (AvgIpc) is 2.97. The number of fused-ring (bicyclic) bond motifs is 1. The van der Waals surface area contributed by atoms with E-state index < -0.39 is 0 Å². The number of aromatic nitrogens is 2. The van der Waals surface area contributed by atoms with E-state index in [1.165, 1.54) is 6.07 Å². The molecule has 0 bridgehead atoms. The van der Waals surface area contributed by atoms with Crippen LogP contribution in [0.2, 0.25) is 0 Å². The number of hydrogen-bond donors (Lipinski definition) is 1. The van der Waals surface area contributed by atoms with Crippen LogP contribution in [0.5, 0.6) is 0 Å². The van der Waals surface area contributed by atoms with Gasteiger partial charge in [-0.25, -0.2) is 9.37 Å². The topological polar surface area (TPSA) is 46.9 Å². The molecule has 0 aliphatic carbocycles. The summed E-state index contributed by atoms with van der Waals surface area (Å²) in [5.74, 6) is -0.502. The molecule has 1 heterocycles. The number of para-hydroxylation sites is 2. The lowest BCUT2D eigenvalue weighted by molar-refractivity contribution is -0.120. The van der Waals surface area contributed by atoms with Crippen LogP contribution in [-0.2, 0) is 17.8 Å². The summed E-state index contributed by atoms with van der Waals surface area (Å²) in [5, 5.41) is 2.83. The summed E-state index contributed by atoms with van der Waals surface area (Å²) in [4.78, 5) is 16.2. The molecule has 3 rings (SSSR count). The van der Waals surface area contributed by atoms with Gasteiger partial charge in [-0.05, 0) is 30.2 Å². The third kappa shape index (κ3) is 3.74. The van der Waals surface area contributed by atoms with E-state index in [1.807, 2.05) is 30.6 Å². The first-order valence-electron chi connectivity index (χ1n) is 7.64. The van der Waals surface area contributed by atoms with Gasteiger partial charge >= 0.3 is 0 Å². The van der Waals surface area contributed by atoms with E-state index in [0.717, 1.165) is 24.0 Å². The van der Waals surface area contributed by atoms with Crippen molar-refractivity contribution in [2.45, 2.75) is 19.4 Å². The number of carbonyl (C=O) groups is 1. The first-order valence-corrected chi connectivity index (χ1v) is 7.64. The molecule has 23 heavy (non-hydrogen) atoms. The van der Waals surface area contributed by atoms with Gasteiger partial charge in [0.2, 0.25) is 5.91 Å². The molecule has 0 saturated heterocycles. The molecule has 3 aromatic rings. The Hall–Kier alpha value is -2.69. The predicted octanol–water partition coefficient (Wildman–Crippen LogP) is 2.92. The normalized spacial score (nSPS) is 10.8. The van der Waals surface area contributed by atoms with Gasteiger partial charge in [0, 0.05) is 13.1 Å². The highest BCUT2D eigenvalue weighted by Gasteiger charge is 2.07. The Kier molecular flexibility index (Phi) is 4.66. The summed E-state index contributed by atoms with van der Waals surface area (Å²) >= 11 is 0. The van der Waals surface area contributed by atoms with E-state index in [2.05, 4.69) is 14.9 Å². The number of amides is 1. The Morgan fingerprint density at radius 3 is 2.78 bits per heavy atom. The van der Waals surface area contributed by atoms with Crippen LogP contribution in [-0.4, -0.2) is 22.0 Å². The Balaban J connectivity index is 1.46. The highest BCUT2D eigenvalue weighted by Crippen LogP contribution is 2.12. The fraction of sp³-hybridized carbons (Fsp3) is 0.222. The minimum Gasteiger partial charge on any atom is -0.356 e. The fourth-order valence-corrected chi connectivity index (χ4v) is 2.54. The monoisotopic (exact) mass is 311 g/mol. The molecular weight excluding hydrogens is 293 g/mol. The molecule has 1 N–H and O–H groups in total. The maximum absolute atomic E-state index is 13.5. The zero-order valence-electron chi connectivity index (χ0n) is 12.7. The number of nitrogens with one attached hydrogen (secondary N) is 1. The molecule has 118 valence electrons. The van der Waals surface area contributed by atoms with Crippen LogP contribution in [0.4, 0.5) is 4.39 Å². The van der Waals surface area contributed by atoms with Crippen molar-refractivity contribution < 1.29 is 9.18 Å². The Morgan fingerprint density at radius 2 is 1.91 bits per heavy atom. The highest BCUT2D eigenvalue weighted by molar-refractivity contribution is 5.78. The third-order valence-corrected chi connectivity index (χ3v) is 3.73. The number of carbonyl (C=O) groups excluding carboxylic acids is 1. The van der Waals surface area contributed by atoms with Crippen molar-refractivity contribution in [2.75, 3.05) is 6.54 Å². The minimum atomic E-state index is -0.340. The van der Waals surface area contributed by atoms with E-state index in [-0.39, 0.29) is 18.1 Å². The fourth-order valence-electron chi connectivity index (χ4n) is 2.54. The van der Waals surface area contributed by atoms with Crippen LogP contribution in [0, 0.1) is 5.82 Å². The van der Waals surface area contributed by atoms with Gasteiger partial charge in [0.1, 0.15) is 5.82 Å². The first kappa shape index (κ1) is 15.2. The molecule has 1 amide bonds. The molecule has 0 fully saturated rings.